The van der Waals surface area contributed by atoms with Gasteiger partial charge in [-0.05, 0) is 0 Å². The van der Waals surface area contributed by atoms with Crippen molar-refractivity contribution in [3.05, 3.63) is 36.5 Å². The first-order valence-electron chi connectivity index (χ1n) is 8.75. The lowest BCUT2D eigenvalue weighted by Crippen LogP contribution is -2.14. The Kier molecular flexibility index (Phi) is 6.04. The third-order valence-electron chi connectivity index (χ3n) is 3.87. The number of aromatic nitrogens is 5. The molecule has 0 saturated heterocycles. The third-order valence-corrected chi connectivity index (χ3v) is 3.87. The van der Waals surface area contributed by atoms with Gasteiger partial charge in [0, 0.05) is 37.7 Å². The summed E-state index contributed by atoms with van der Waals surface area (Å²) in [5, 5.41) is 8.80. The number of hydrogen-bond acceptors (Lipinski definition) is 7. The summed E-state index contributed by atoms with van der Waals surface area (Å²) in [6, 6.07) is 2.71. The van der Waals surface area contributed by atoms with Crippen LogP contribution in [0.5, 0.6) is 5.75 Å². The van der Waals surface area contributed by atoms with E-state index in [4.69, 9.17) is 4.74 Å². The van der Waals surface area contributed by atoms with E-state index in [9.17, 15) is 22.4 Å². The molecule has 0 unspecified atom stereocenters. The molecule has 3 aromatic rings. The van der Waals surface area contributed by atoms with Crippen LogP contribution in [0.25, 0.3) is 11.3 Å². The van der Waals surface area contributed by atoms with E-state index in [1.54, 1.807) is 0 Å². The van der Waals surface area contributed by atoms with Crippen LogP contribution in [-0.2, 0) is 10.7 Å². The molecule has 0 aliphatic heterocycles. The van der Waals surface area contributed by atoms with Gasteiger partial charge in [0.2, 0.25) is 11.7 Å². The highest BCUT2D eigenvalue weighted by Crippen LogP contribution is 2.32. The highest BCUT2D eigenvalue weighted by Gasteiger charge is 2.30. The highest BCUT2D eigenvalue weighted by atomic mass is 19.3. The molecule has 0 aliphatic carbocycles. The summed E-state index contributed by atoms with van der Waals surface area (Å²) in [4.78, 5) is 22.9. The van der Waals surface area contributed by atoms with E-state index in [0.717, 1.165) is 12.4 Å². The number of rotatable bonds is 7. The predicted octanol–water partition coefficient (Wildman–Crippen LogP) is 3.95. The van der Waals surface area contributed by atoms with E-state index >= 15 is 0 Å². The van der Waals surface area contributed by atoms with Crippen molar-refractivity contribution in [1.82, 2.24) is 24.7 Å². The van der Waals surface area contributed by atoms with Crippen molar-refractivity contribution in [3.8, 4) is 17.0 Å². The maximum absolute atomic E-state index is 14.0. The van der Waals surface area contributed by atoms with Crippen molar-refractivity contribution < 1.29 is 27.1 Å². The van der Waals surface area contributed by atoms with Crippen LogP contribution < -0.4 is 15.4 Å². The molecule has 0 saturated carbocycles. The summed E-state index contributed by atoms with van der Waals surface area (Å²) in [6.45, 7) is -0.987. The monoisotopic (exact) mass is 439 g/mol. The number of halogens is 4. The van der Waals surface area contributed by atoms with Gasteiger partial charge in [-0.25, -0.2) is 19.6 Å². The zero-order chi connectivity index (χ0) is 22.8. The molecule has 0 aliphatic rings. The number of nitrogens with one attached hydrogen (secondary N) is 2. The summed E-state index contributed by atoms with van der Waals surface area (Å²) in [5.74, 6) is -4.24. The summed E-state index contributed by atoms with van der Waals surface area (Å²) < 4.78 is 59.2. The Hall–Kier alpha value is -3.77. The molecule has 3 rings (SSSR count). The molecule has 9 nitrogen and oxygen atoms in total. The first kappa shape index (κ1) is 21.9. The zero-order valence-corrected chi connectivity index (χ0v) is 16.5. The Morgan fingerprint density at radius 1 is 1.19 bits per heavy atom. The van der Waals surface area contributed by atoms with Gasteiger partial charge in [-0.2, -0.15) is 22.7 Å². The fraction of sp³-hybridized carbons (Fsp3) is 0.278. The number of anilines is 3. The number of amides is 1. The van der Waals surface area contributed by atoms with Crippen molar-refractivity contribution in [2.75, 3.05) is 17.7 Å². The Balaban J connectivity index is 2.05. The lowest BCUT2D eigenvalue weighted by Gasteiger charge is -2.15. The second-order valence-corrected chi connectivity index (χ2v) is 6.41. The average molecular weight is 439 g/mol. The van der Waals surface area contributed by atoms with Crippen LogP contribution in [0.1, 0.15) is 26.2 Å². The SMILES string of the molecule is COc1cnc(NC(C)=O)cc1Nc1cc(-c2cnn(C(F)F)c2)nc(C(C)(F)F)n1. The van der Waals surface area contributed by atoms with Gasteiger partial charge < -0.3 is 15.4 Å². The topological polar surface area (TPSA) is 107 Å². The number of nitrogens with zero attached hydrogens (tertiary/aromatic N) is 5. The first-order valence-corrected chi connectivity index (χ1v) is 8.75. The van der Waals surface area contributed by atoms with Crippen molar-refractivity contribution >= 4 is 23.2 Å². The van der Waals surface area contributed by atoms with Crippen LogP contribution in [0, 0.1) is 0 Å². The average Bonchev–Trinajstić information content (AvgIpc) is 3.17. The van der Waals surface area contributed by atoms with Crippen LogP contribution in [-0.4, -0.2) is 37.7 Å². The summed E-state index contributed by atoms with van der Waals surface area (Å²) in [5.41, 5.74) is 0.312. The minimum atomic E-state index is -3.41. The largest absolute Gasteiger partial charge is 0.493 e. The smallest absolute Gasteiger partial charge is 0.333 e. The van der Waals surface area contributed by atoms with E-state index in [1.807, 2.05) is 0 Å². The maximum atomic E-state index is 14.0. The number of carbonyl (C=O) groups excluding carboxylic acids is 1. The van der Waals surface area contributed by atoms with Gasteiger partial charge in [0.15, 0.2) is 5.75 Å². The quantitative estimate of drug-likeness (QED) is 0.537. The Morgan fingerprint density at radius 2 is 1.94 bits per heavy atom. The van der Waals surface area contributed by atoms with Crippen LogP contribution in [0.3, 0.4) is 0 Å². The summed E-state index contributed by atoms with van der Waals surface area (Å²) in [6.07, 6.45) is 3.38. The van der Waals surface area contributed by atoms with Gasteiger partial charge >= 0.3 is 12.5 Å². The summed E-state index contributed by atoms with van der Waals surface area (Å²) in [7, 11) is 1.37. The predicted molar refractivity (Wildman–Crippen MR) is 102 cm³/mol. The molecule has 0 fully saturated rings. The minimum absolute atomic E-state index is 0.0453. The van der Waals surface area contributed by atoms with Crippen molar-refractivity contribution in [3.63, 3.8) is 0 Å². The molecule has 0 bridgehead atoms. The molecule has 3 heterocycles. The number of methoxy groups -OCH3 is 1. The van der Waals surface area contributed by atoms with Crippen molar-refractivity contribution in [1.29, 1.82) is 0 Å². The molecule has 3 aromatic heterocycles. The fourth-order valence-electron chi connectivity index (χ4n) is 2.52. The molecule has 164 valence electrons. The zero-order valence-electron chi connectivity index (χ0n) is 16.5. The molecule has 2 N–H and O–H groups in total. The molecular formula is C18H17F4N7O2. The van der Waals surface area contributed by atoms with Crippen LogP contribution in [0.2, 0.25) is 0 Å². The molecule has 0 spiro atoms. The van der Waals surface area contributed by atoms with Gasteiger partial charge in [0.25, 0.3) is 0 Å². The molecule has 13 heteroatoms. The minimum Gasteiger partial charge on any atom is -0.493 e. The molecule has 31 heavy (non-hydrogen) atoms. The van der Waals surface area contributed by atoms with Gasteiger partial charge in [0.05, 0.1) is 30.9 Å². The van der Waals surface area contributed by atoms with Gasteiger partial charge in [-0.1, -0.05) is 0 Å². The van der Waals surface area contributed by atoms with Crippen LogP contribution in [0.4, 0.5) is 34.9 Å². The number of carbonyl (C=O) groups is 1. The Bertz CT molecular complexity index is 1100. The van der Waals surface area contributed by atoms with E-state index in [1.165, 1.54) is 32.4 Å². The highest BCUT2D eigenvalue weighted by molar-refractivity contribution is 5.88. The molecule has 0 radical (unpaired) electrons. The number of alkyl halides is 4. The molecule has 1 amide bonds. The first-order chi connectivity index (χ1) is 14.6. The lowest BCUT2D eigenvalue weighted by molar-refractivity contribution is -0.114. The molecular weight excluding hydrogens is 422 g/mol. The lowest BCUT2D eigenvalue weighted by atomic mass is 10.2. The summed E-state index contributed by atoms with van der Waals surface area (Å²) >= 11 is 0. The fourth-order valence-corrected chi connectivity index (χ4v) is 2.52. The number of pyridine rings is 1. The second kappa shape index (κ2) is 8.53. The van der Waals surface area contributed by atoms with Crippen LogP contribution >= 0.6 is 0 Å². The van der Waals surface area contributed by atoms with Crippen molar-refractivity contribution in [2.24, 2.45) is 0 Å². The van der Waals surface area contributed by atoms with Crippen molar-refractivity contribution in [2.45, 2.75) is 26.3 Å². The van der Waals surface area contributed by atoms with Gasteiger partial charge in [-0.15, -0.1) is 0 Å². The number of hydrogen-bond donors (Lipinski definition) is 2. The van der Waals surface area contributed by atoms with E-state index in [0.29, 0.717) is 11.6 Å². The van der Waals surface area contributed by atoms with Gasteiger partial charge in [-0.3, -0.25) is 4.79 Å². The Morgan fingerprint density at radius 3 is 2.52 bits per heavy atom. The third kappa shape index (κ3) is 5.24. The van der Waals surface area contributed by atoms with Gasteiger partial charge in [0.1, 0.15) is 11.6 Å². The van der Waals surface area contributed by atoms with E-state index < -0.39 is 18.3 Å². The second-order valence-electron chi connectivity index (χ2n) is 6.41. The standard InChI is InChI=1S/C18H17F4N7O2/c1-9(30)25-14-5-12(13(31-3)7-23-14)26-15-4-11(27-16(28-15)18(2,21)22)10-6-24-29(8-10)17(19)20/h4-8,17H,1-3H3,(H2,23,25,26,27,28,30). The van der Waals surface area contributed by atoms with E-state index in [2.05, 4.69) is 30.7 Å². The number of ether oxygens (including phenoxy) is 1. The molecule has 0 atom stereocenters. The molecule has 0 aromatic carbocycles. The van der Waals surface area contributed by atoms with Crippen LogP contribution in [0.15, 0.2) is 30.7 Å². The normalized spacial score (nSPS) is 11.5. The van der Waals surface area contributed by atoms with E-state index in [-0.39, 0.29) is 40.2 Å². The Labute approximate surface area is 173 Å². The maximum Gasteiger partial charge on any atom is 0.333 e.